The third kappa shape index (κ3) is 6.58. The van der Waals surface area contributed by atoms with Gasteiger partial charge in [0.1, 0.15) is 0 Å². The highest BCUT2D eigenvalue weighted by Crippen LogP contribution is 2.13. The lowest BCUT2D eigenvalue weighted by Gasteiger charge is -2.34. The third-order valence-corrected chi connectivity index (χ3v) is 6.54. The molecule has 2 heterocycles. The molecule has 2 rings (SSSR count). The van der Waals surface area contributed by atoms with E-state index in [-0.39, 0.29) is 6.03 Å². The van der Waals surface area contributed by atoms with Gasteiger partial charge in [-0.15, -0.1) is 11.3 Å². The largest absolute Gasteiger partial charge is 0.338 e. The summed E-state index contributed by atoms with van der Waals surface area (Å²) < 4.78 is 24.4. The van der Waals surface area contributed by atoms with E-state index < -0.39 is 10.0 Å². The Hall–Kier alpha value is -1.16. The van der Waals surface area contributed by atoms with Crippen molar-refractivity contribution in [3.8, 4) is 0 Å². The monoisotopic (exact) mass is 388 g/mol. The Labute approximate surface area is 154 Å². The number of hydrogen-bond donors (Lipinski definition) is 1. The fraction of sp³-hybridized carbons (Fsp3) is 0.688. The Balaban J connectivity index is 1.64. The van der Waals surface area contributed by atoms with Gasteiger partial charge in [0.15, 0.2) is 0 Å². The van der Waals surface area contributed by atoms with Gasteiger partial charge in [0.2, 0.25) is 10.0 Å². The van der Waals surface area contributed by atoms with Gasteiger partial charge in [-0.05, 0) is 17.9 Å². The molecule has 0 radical (unpaired) electrons. The molecule has 1 aromatic rings. The number of piperazine rings is 1. The molecule has 1 saturated heterocycles. The van der Waals surface area contributed by atoms with Crippen LogP contribution in [0.3, 0.4) is 0 Å². The van der Waals surface area contributed by atoms with Gasteiger partial charge < -0.3 is 10.2 Å². The lowest BCUT2D eigenvalue weighted by molar-refractivity contribution is 0.136. The number of nitrogens with one attached hydrogen (secondary N) is 1. The van der Waals surface area contributed by atoms with Gasteiger partial charge in [0.25, 0.3) is 0 Å². The van der Waals surface area contributed by atoms with E-state index in [1.54, 1.807) is 11.3 Å². The fourth-order valence-corrected chi connectivity index (χ4v) is 4.53. The van der Waals surface area contributed by atoms with Crippen molar-refractivity contribution in [3.63, 3.8) is 0 Å². The number of carbonyl (C=O) groups excluding carboxylic acids is 1. The zero-order valence-electron chi connectivity index (χ0n) is 15.0. The molecule has 0 aliphatic carbocycles. The van der Waals surface area contributed by atoms with Crippen LogP contribution in [0.4, 0.5) is 4.79 Å². The normalized spacial score (nSPS) is 16.4. The number of rotatable bonds is 8. The highest BCUT2D eigenvalue weighted by atomic mass is 32.2. The number of hydrogen-bond acceptors (Lipinski definition) is 5. The average molecular weight is 389 g/mol. The van der Waals surface area contributed by atoms with Crippen molar-refractivity contribution in [2.45, 2.75) is 19.9 Å². The van der Waals surface area contributed by atoms with Crippen molar-refractivity contribution in [2.75, 3.05) is 52.1 Å². The molecular formula is C16H28N4O3S2. The van der Waals surface area contributed by atoms with Gasteiger partial charge in [0.05, 0.1) is 6.26 Å². The Bertz CT molecular complexity index is 626. The summed E-state index contributed by atoms with van der Waals surface area (Å²) >= 11 is 1.76. The van der Waals surface area contributed by atoms with Gasteiger partial charge in [-0.1, -0.05) is 13.0 Å². The number of sulfonamides is 1. The molecule has 0 atom stereocenters. The summed E-state index contributed by atoms with van der Waals surface area (Å²) in [5.41, 5.74) is 0. The van der Waals surface area contributed by atoms with E-state index in [2.05, 4.69) is 27.7 Å². The molecule has 1 aliphatic rings. The minimum Gasteiger partial charge on any atom is -0.338 e. The van der Waals surface area contributed by atoms with Crippen LogP contribution < -0.4 is 5.32 Å². The lowest BCUT2D eigenvalue weighted by atomic mass is 10.3. The fourth-order valence-electron chi connectivity index (χ4n) is 2.85. The zero-order chi connectivity index (χ0) is 18.3. The van der Waals surface area contributed by atoms with Crippen molar-refractivity contribution in [1.82, 2.24) is 19.4 Å². The smallest absolute Gasteiger partial charge is 0.317 e. The second-order valence-corrected chi connectivity index (χ2v) is 9.20. The van der Waals surface area contributed by atoms with E-state index in [9.17, 15) is 13.2 Å². The van der Waals surface area contributed by atoms with E-state index in [4.69, 9.17) is 0 Å². The van der Waals surface area contributed by atoms with Crippen LogP contribution >= 0.6 is 11.3 Å². The van der Waals surface area contributed by atoms with Crippen molar-refractivity contribution in [2.24, 2.45) is 0 Å². The predicted molar refractivity (Wildman–Crippen MR) is 101 cm³/mol. The molecule has 0 spiro atoms. The van der Waals surface area contributed by atoms with E-state index in [1.165, 1.54) is 15.4 Å². The number of urea groups is 1. The quantitative estimate of drug-likeness (QED) is 0.680. The second-order valence-electron chi connectivity index (χ2n) is 6.18. The Morgan fingerprint density at radius 1 is 1.32 bits per heavy atom. The Morgan fingerprint density at radius 3 is 2.60 bits per heavy atom. The zero-order valence-corrected chi connectivity index (χ0v) is 16.6. The van der Waals surface area contributed by atoms with Crippen LogP contribution in [-0.4, -0.2) is 80.6 Å². The lowest BCUT2D eigenvalue weighted by Crippen LogP contribution is -2.51. The summed E-state index contributed by atoms with van der Waals surface area (Å²) in [6.07, 6.45) is 1.83. The van der Waals surface area contributed by atoms with Gasteiger partial charge >= 0.3 is 6.03 Å². The molecule has 1 fully saturated rings. The molecule has 0 unspecified atom stereocenters. The highest BCUT2D eigenvalue weighted by Gasteiger charge is 2.21. The maximum absolute atomic E-state index is 12.2. The first-order valence-electron chi connectivity index (χ1n) is 8.62. The molecule has 25 heavy (non-hydrogen) atoms. The Kier molecular flexibility index (Phi) is 7.67. The molecule has 0 bridgehead atoms. The topological polar surface area (TPSA) is 73.0 Å². The molecule has 1 N–H and O–H groups in total. The molecule has 0 saturated carbocycles. The molecule has 1 aromatic heterocycles. The van der Waals surface area contributed by atoms with E-state index in [0.717, 1.165) is 32.7 Å². The second kappa shape index (κ2) is 9.51. The van der Waals surface area contributed by atoms with Gasteiger partial charge in [-0.3, -0.25) is 4.90 Å². The van der Waals surface area contributed by atoms with Crippen LogP contribution in [-0.2, 0) is 16.6 Å². The highest BCUT2D eigenvalue weighted by molar-refractivity contribution is 7.88. The van der Waals surface area contributed by atoms with Crippen molar-refractivity contribution in [3.05, 3.63) is 22.4 Å². The molecule has 2 amide bonds. The number of carbonyl (C=O) groups is 1. The molecule has 9 heteroatoms. The first-order chi connectivity index (χ1) is 11.9. The van der Waals surface area contributed by atoms with Crippen LogP contribution in [0.2, 0.25) is 0 Å². The molecule has 1 aliphatic heterocycles. The molecule has 0 aromatic carbocycles. The van der Waals surface area contributed by atoms with E-state index >= 15 is 0 Å². The van der Waals surface area contributed by atoms with Crippen LogP contribution in [0.25, 0.3) is 0 Å². The third-order valence-electron chi connectivity index (χ3n) is 4.30. The number of nitrogens with zero attached hydrogens (tertiary/aromatic N) is 3. The van der Waals surface area contributed by atoms with E-state index in [0.29, 0.717) is 26.1 Å². The summed E-state index contributed by atoms with van der Waals surface area (Å²) in [6.45, 7) is 7.35. The SMILES string of the molecule is CCN(CCCNC(=O)N1CCN(Cc2cccs2)CC1)S(C)(=O)=O. The van der Waals surface area contributed by atoms with Crippen LogP contribution in [0.5, 0.6) is 0 Å². The summed E-state index contributed by atoms with van der Waals surface area (Å²) in [7, 11) is -3.16. The minimum atomic E-state index is -3.16. The average Bonchev–Trinajstić information content (AvgIpc) is 3.07. The first-order valence-corrected chi connectivity index (χ1v) is 11.4. The Morgan fingerprint density at radius 2 is 2.04 bits per heavy atom. The van der Waals surface area contributed by atoms with Gasteiger partial charge in [-0.2, -0.15) is 0 Å². The van der Waals surface area contributed by atoms with Crippen molar-refractivity contribution < 1.29 is 13.2 Å². The minimum absolute atomic E-state index is 0.0572. The summed E-state index contributed by atoms with van der Waals surface area (Å²) in [4.78, 5) is 17.7. The van der Waals surface area contributed by atoms with Crippen LogP contribution in [0.15, 0.2) is 17.5 Å². The number of thiophene rings is 1. The standard InChI is InChI=1S/C16H28N4O3S2/c1-3-20(25(2,22)23)8-5-7-17-16(21)19-11-9-18(10-12-19)14-15-6-4-13-24-15/h4,6,13H,3,5,7-12,14H2,1-2H3,(H,17,21). The maximum Gasteiger partial charge on any atom is 0.317 e. The van der Waals surface area contributed by atoms with Crippen molar-refractivity contribution >= 4 is 27.4 Å². The summed E-state index contributed by atoms with van der Waals surface area (Å²) in [5.74, 6) is 0. The van der Waals surface area contributed by atoms with Gasteiger partial charge in [-0.25, -0.2) is 17.5 Å². The maximum atomic E-state index is 12.2. The first kappa shape index (κ1) is 20.2. The van der Waals surface area contributed by atoms with Crippen molar-refractivity contribution in [1.29, 1.82) is 0 Å². The molecular weight excluding hydrogens is 360 g/mol. The van der Waals surface area contributed by atoms with E-state index in [1.807, 2.05) is 11.8 Å². The van der Waals surface area contributed by atoms with Crippen LogP contribution in [0, 0.1) is 0 Å². The number of amides is 2. The van der Waals surface area contributed by atoms with Crippen LogP contribution in [0.1, 0.15) is 18.2 Å². The summed E-state index contributed by atoms with van der Waals surface area (Å²) in [6, 6.07) is 4.14. The summed E-state index contributed by atoms with van der Waals surface area (Å²) in [5, 5.41) is 4.98. The molecule has 142 valence electrons. The molecule has 7 nitrogen and oxygen atoms in total. The van der Waals surface area contributed by atoms with Gasteiger partial charge in [0, 0.05) is 57.2 Å². The predicted octanol–water partition coefficient (Wildman–Crippen LogP) is 1.25.